The molecule has 0 aliphatic rings. The van der Waals surface area contributed by atoms with Crippen LogP contribution < -0.4 is 5.73 Å². The third-order valence-corrected chi connectivity index (χ3v) is 1.96. The minimum Gasteiger partial charge on any atom is -0.377 e. The highest BCUT2D eigenvalue weighted by molar-refractivity contribution is 9.09. The van der Waals surface area contributed by atoms with Crippen LogP contribution in [0.25, 0.3) is 0 Å². The van der Waals surface area contributed by atoms with Gasteiger partial charge in [-0.25, -0.2) is 0 Å². The normalized spacial score (nSPS) is 14.4. The number of alkyl halides is 3. The summed E-state index contributed by atoms with van der Waals surface area (Å²) in [5.41, 5.74) is 5.63. The zero-order valence-electron chi connectivity index (χ0n) is 8.78. The fraction of sp³-hybridized carbons (Fsp3) is 0.750. The minimum atomic E-state index is -3.34. The summed E-state index contributed by atoms with van der Waals surface area (Å²) in [7, 11) is 0. The van der Waals surface area contributed by atoms with Gasteiger partial charge in [-0.3, -0.25) is 0 Å². The summed E-state index contributed by atoms with van der Waals surface area (Å²) in [5.74, 6) is -0.822. The lowest BCUT2D eigenvalue weighted by Gasteiger charge is -2.10. The monoisotopic (exact) mass is 299 g/mol. The Bertz CT molecular complexity index is 340. The quantitative estimate of drug-likeness (QED) is 0.841. The van der Waals surface area contributed by atoms with Gasteiger partial charge in [0.25, 0.3) is 0 Å². The fourth-order valence-corrected chi connectivity index (χ4v) is 1.03. The standard InChI is InChI=1S/C8H12BrF2N3O2/c1-4(2)15-3-5(12)6-13-7(16-14-6)8(9,10)11/h4-5H,3,12H2,1-2H3. The molecule has 8 heteroatoms. The summed E-state index contributed by atoms with van der Waals surface area (Å²) in [4.78, 5) is 0.143. The maximum atomic E-state index is 12.7. The number of nitrogens with zero attached hydrogens (tertiary/aromatic N) is 2. The molecular weight excluding hydrogens is 288 g/mol. The molecule has 0 saturated carbocycles. The topological polar surface area (TPSA) is 74.2 Å². The molecule has 0 radical (unpaired) electrons. The first kappa shape index (κ1) is 13.5. The Labute approximate surface area is 99.5 Å². The zero-order chi connectivity index (χ0) is 12.3. The summed E-state index contributed by atoms with van der Waals surface area (Å²) in [6, 6.07) is -0.685. The van der Waals surface area contributed by atoms with E-state index < -0.39 is 16.8 Å². The average Bonchev–Trinajstić information content (AvgIpc) is 2.61. The van der Waals surface area contributed by atoms with E-state index in [4.69, 9.17) is 10.5 Å². The predicted octanol–water partition coefficient (Wildman–Crippen LogP) is 1.94. The molecule has 0 aliphatic carbocycles. The van der Waals surface area contributed by atoms with Gasteiger partial charge >= 0.3 is 10.7 Å². The summed E-state index contributed by atoms with van der Waals surface area (Å²) in [5, 5.41) is 3.36. The van der Waals surface area contributed by atoms with Crippen LogP contribution in [-0.4, -0.2) is 22.9 Å². The molecule has 5 nitrogen and oxygen atoms in total. The predicted molar refractivity (Wildman–Crippen MR) is 55.1 cm³/mol. The Hall–Kier alpha value is -0.600. The van der Waals surface area contributed by atoms with Crippen molar-refractivity contribution in [3.63, 3.8) is 0 Å². The molecule has 0 amide bonds. The zero-order valence-corrected chi connectivity index (χ0v) is 10.4. The number of hydrogen-bond acceptors (Lipinski definition) is 5. The lowest BCUT2D eigenvalue weighted by atomic mass is 10.3. The van der Waals surface area contributed by atoms with Crippen molar-refractivity contribution >= 4 is 15.9 Å². The Morgan fingerprint density at radius 2 is 2.19 bits per heavy atom. The van der Waals surface area contributed by atoms with Gasteiger partial charge in [-0.2, -0.15) is 13.8 Å². The summed E-state index contributed by atoms with van der Waals surface area (Å²) >= 11 is 2.11. The van der Waals surface area contributed by atoms with Crippen molar-refractivity contribution in [3.8, 4) is 0 Å². The van der Waals surface area contributed by atoms with Crippen molar-refractivity contribution in [2.24, 2.45) is 5.73 Å². The molecule has 0 spiro atoms. The van der Waals surface area contributed by atoms with Crippen LogP contribution >= 0.6 is 15.9 Å². The molecule has 0 aliphatic heterocycles. The van der Waals surface area contributed by atoms with Crippen molar-refractivity contribution in [1.29, 1.82) is 0 Å². The highest BCUT2D eigenvalue weighted by atomic mass is 79.9. The highest BCUT2D eigenvalue weighted by Crippen LogP contribution is 2.33. The van der Waals surface area contributed by atoms with Gasteiger partial charge in [0.05, 0.1) is 18.8 Å². The molecule has 1 rings (SSSR count). The van der Waals surface area contributed by atoms with Crippen LogP contribution in [0, 0.1) is 0 Å². The van der Waals surface area contributed by atoms with E-state index in [1.807, 2.05) is 13.8 Å². The fourth-order valence-electron chi connectivity index (χ4n) is 0.871. The Morgan fingerprint density at radius 1 is 1.56 bits per heavy atom. The number of nitrogens with two attached hydrogens (primary N) is 1. The molecular formula is C8H12BrF2N3O2. The van der Waals surface area contributed by atoms with Gasteiger partial charge in [0.1, 0.15) is 0 Å². The third kappa shape index (κ3) is 3.76. The molecule has 16 heavy (non-hydrogen) atoms. The molecule has 0 fully saturated rings. The number of rotatable bonds is 5. The second-order valence-electron chi connectivity index (χ2n) is 3.44. The van der Waals surface area contributed by atoms with E-state index in [0.29, 0.717) is 0 Å². The molecule has 92 valence electrons. The van der Waals surface area contributed by atoms with Crippen LogP contribution in [0.5, 0.6) is 0 Å². The number of halogens is 3. The molecule has 0 bridgehead atoms. The first-order chi connectivity index (χ1) is 7.30. The molecule has 1 aromatic rings. The van der Waals surface area contributed by atoms with Crippen LogP contribution in [0.2, 0.25) is 0 Å². The number of hydrogen-bond donors (Lipinski definition) is 1. The van der Waals surface area contributed by atoms with Crippen molar-refractivity contribution in [3.05, 3.63) is 11.7 Å². The van der Waals surface area contributed by atoms with E-state index in [9.17, 15) is 8.78 Å². The van der Waals surface area contributed by atoms with Crippen molar-refractivity contribution in [1.82, 2.24) is 10.1 Å². The maximum Gasteiger partial charge on any atom is 0.378 e. The van der Waals surface area contributed by atoms with Crippen LogP contribution in [0.4, 0.5) is 8.78 Å². The van der Waals surface area contributed by atoms with Crippen LogP contribution in [0.15, 0.2) is 4.52 Å². The SMILES string of the molecule is CC(C)OCC(N)c1noc(C(F)(F)Br)n1. The molecule has 0 saturated heterocycles. The first-order valence-electron chi connectivity index (χ1n) is 4.58. The van der Waals surface area contributed by atoms with Crippen LogP contribution in [0.3, 0.4) is 0 Å². The average molecular weight is 300 g/mol. The van der Waals surface area contributed by atoms with E-state index in [2.05, 4.69) is 30.6 Å². The van der Waals surface area contributed by atoms with Gasteiger partial charge in [0, 0.05) is 15.9 Å². The first-order valence-corrected chi connectivity index (χ1v) is 5.38. The van der Waals surface area contributed by atoms with Gasteiger partial charge in [0.2, 0.25) is 0 Å². The molecule has 1 heterocycles. The Morgan fingerprint density at radius 3 is 2.62 bits per heavy atom. The summed E-state index contributed by atoms with van der Waals surface area (Å²) < 4.78 is 35.0. The maximum absolute atomic E-state index is 12.7. The smallest absolute Gasteiger partial charge is 0.377 e. The number of aromatic nitrogens is 2. The van der Waals surface area contributed by atoms with E-state index in [1.54, 1.807) is 0 Å². The van der Waals surface area contributed by atoms with Crippen molar-refractivity contribution in [2.75, 3.05) is 6.61 Å². The lowest BCUT2D eigenvalue weighted by molar-refractivity contribution is 0.0664. The summed E-state index contributed by atoms with van der Waals surface area (Å²) in [6.45, 7) is 3.81. The second-order valence-corrected chi connectivity index (χ2v) is 4.44. The largest absolute Gasteiger partial charge is 0.378 e. The molecule has 1 aromatic heterocycles. The van der Waals surface area contributed by atoms with E-state index >= 15 is 0 Å². The van der Waals surface area contributed by atoms with Gasteiger partial charge in [-0.05, 0) is 13.8 Å². The van der Waals surface area contributed by atoms with E-state index in [1.165, 1.54) is 0 Å². The van der Waals surface area contributed by atoms with Crippen LogP contribution in [-0.2, 0) is 9.57 Å². The van der Waals surface area contributed by atoms with Gasteiger partial charge in [-0.15, -0.1) is 0 Å². The Balaban J connectivity index is 2.63. The molecule has 2 N–H and O–H groups in total. The van der Waals surface area contributed by atoms with Crippen molar-refractivity contribution < 1.29 is 18.0 Å². The van der Waals surface area contributed by atoms with Crippen LogP contribution in [0.1, 0.15) is 31.6 Å². The molecule has 0 aromatic carbocycles. The Kier molecular flexibility index (Phi) is 4.34. The van der Waals surface area contributed by atoms with Gasteiger partial charge in [0.15, 0.2) is 5.82 Å². The lowest BCUT2D eigenvalue weighted by Crippen LogP contribution is -2.21. The molecule has 1 atom stereocenters. The number of ether oxygens (including phenoxy) is 1. The van der Waals surface area contributed by atoms with Gasteiger partial charge in [-0.1, -0.05) is 5.16 Å². The molecule has 1 unspecified atom stereocenters. The second kappa shape index (κ2) is 5.15. The van der Waals surface area contributed by atoms with E-state index in [-0.39, 0.29) is 18.5 Å². The van der Waals surface area contributed by atoms with E-state index in [0.717, 1.165) is 0 Å². The van der Waals surface area contributed by atoms with Gasteiger partial charge < -0.3 is 15.0 Å². The van der Waals surface area contributed by atoms with Crippen molar-refractivity contribution in [2.45, 2.75) is 30.8 Å². The summed E-state index contributed by atoms with van der Waals surface area (Å²) in [6.07, 6.45) is -0.00459. The highest BCUT2D eigenvalue weighted by Gasteiger charge is 2.35. The minimum absolute atomic E-state index is 0.00459. The third-order valence-electron chi connectivity index (χ3n) is 1.62.